The largest absolute Gasteiger partial charge is 0.449 e. The van der Waals surface area contributed by atoms with Crippen LogP contribution in [0.5, 0.6) is 0 Å². The van der Waals surface area contributed by atoms with Gasteiger partial charge in [-0.15, -0.1) is 0 Å². The average Bonchev–Trinajstić information content (AvgIpc) is 3.25. The van der Waals surface area contributed by atoms with E-state index in [-0.39, 0.29) is 29.9 Å². The van der Waals surface area contributed by atoms with Crippen LogP contribution < -0.4 is 5.32 Å². The Balaban J connectivity index is 1.63. The van der Waals surface area contributed by atoms with E-state index in [0.29, 0.717) is 24.3 Å². The molecule has 8 nitrogen and oxygen atoms in total. The molecule has 1 atom stereocenters. The molecule has 1 aromatic carbocycles. The lowest BCUT2D eigenvalue weighted by Crippen LogP contribution is -2.45. The van der Waals surface area contributed by atoms with E-state index in [9.17, 15) is 44.7 Å². The van der Waals surface area contributed by atoms with Gasteiger partial charge < -0.3 is 19.5 Å². The first kappa shape index (κ1) is 31.7. The van der Waals surface area contributed by atoms with Gasteiger partial charge in [-0.05, 0) is 38.8 Å². The molecular formula is C27H25F8N5O3. The van der Waals surface area contributed by atoms with Crippen molar-refractivity contribution in [2.75, 3.05) is 6.54 Å². The molecule has 0 bridgehead atoms. The Bertz CT molecular complexity index is 1530. The van der Waals surface area contributed by atoms with Crippen LogP contribution in [0, 0.1) is 29.3 Å². The molecule has 0 fully saturated rings. The topological polar surface area (TPSA) is 89.4 Å². The molecule has 0 saturated heterocycles. The van der Waals surface area contributed by atoms with Gasteiger partial charge in [-0.2, -0.15) is 26.9 Å². The van der Waals surface area contributed by atoms with E-state index in [1.807, 2.05) is 0 Å². The van der Waals surface area contributed by atoms with Crippen molar-refractivity contribution in [1.82, 2.24) is 24.8 Å². The zero-order valence-corrected chi connectivity index (χ0v) is 23.0. The van der Waals surface area contributed by atoms with E-state index in [1.54, 1.807) is 20.8 Å². The average molecular weight is 620 g/mol. The molecule has 16 heteroatoms. The van der Waals surface area contributed by atoms with Crippen molar-refractivity contribution in [3.8, 4) is 11.3 Å². The maximum absolute atomic E-state index is 14.4. The summed E-state index contributed by atoms with van der Waals surface area (Å²) in [4.78, 5) is 33.5. The Morgan fingerprint density at radius 1 is 0.930 bits per heavy atom. The first-order chi connectivity index (χ1) is 19.9. The highest BCUT2D eigenvalue weighted by Crippen LogP contribution is 2.36. The molecule has 0 radical (unpaired) electrons. The van der Waals surface area contributed by atoms with Crippen LogP contribution in [0.2, 0.25) is 0 Å². The van der Waals surface area contributed by atoms with Gasteiger partial charge in [0, 0.05) is 49.3 Å². The second-order valence-electron chi connectivity index (χ2n) is 10.8. The SMILES string of the molecule is CC(C)(C)OC(=O)N[C@@H](CC(=O)N1CCn2c(C(F)(F)F)nc(-c3cc(F)nc(F)c3)c2C1)Cc1cc(F)c(F)cc1F. The highest BCUT2D eigenvalue weighted by molar-refractivity contribution is 5.78. The number of aromatic nitrogens is 3. The van der Waals surface area contributed by atoms with Crippen molar-refractivity contribution in [3.63, 3.8) is 0 Å². The molecule has 3 heterocycles. The van der Waals surface area contributed by atoms with Crippen molar-refractivity contribution < 1.29 is 49.4 Å². The summed E-state index contributed by atoms with van der Waals surface area (Å²) >= 11 is 0. The Morgan fingerprint density at radius 3 is 2.16 bits per heavy atom. The number of alkyl halides is 3. The fourth-order valence-electron chi connectivity index (χ4n) is 4.60. The molecule has 4 rings (SSSR count). The summed E-state index contributed by atoms with van der Waals surface area (Å²) in [6, 6.07) is 1.07. The van der Waals surface area contributed by atoms with Gasteiger partial charge in [0.2, 0.25) is 23.6 Å². The fourth-order valence-corrected chi connectivity index (χ4v) is 4.60. The number of hydrogen-bond acceptors (Lipinski definition) is 5. The highest BCUT2D eigenvalue weighted by Gasteiger charge is 2.41. The Morgan fingerprint density at radius 2 is 1.56 bits per heavy atom. The summed E-state index contributed by atoms with van der Waals surface area (Å²) < 4.78 is 117. The van der Waals surface area contributed by atoms with Crippen molar-refractivity contribution in [2.45, 2.75) is 64.5 Å². The van der Waals surface area contributed by atoms with Gasteiger partial charge in [0.05, 0.1) is 17.9 Å². The molecule has 3 aromatic rings. The van der Waals surface area contributed by atoms with Crippen LogP contribution in [-0.4, -0.2) is 49.6 Å². The molecule has 43 heavy (non-hydrogen) atoms. The quantitative estimate of drug-likeness (QED) is 0.223. The third-order valence-corrected chi connectivity index (χ3v) is 6.35. The van der Waals surface area contributed by atoms with Crippen molar-refractivity contribution in [2.24, 2.45) is 0 Å². The lowest BCUT2D eigenvalue weighted by atomic mass is 10.0. The number of carbonyl (C=O) groups excluding carboxylic acids is 2. The minimum atomic E-state index is -4.93. The summed E-state index contributed by atoms with van der Waals surface area (Å²) in [5.41, 5.74) is -2.24. The number of nitrogens with one attached hydrogen (secondary N) is 1. The Hall–Kier alpha value is -4.24. The summed E-state index contributed by atoms with van der Waals surface area (Å²) in [6.07, 6.45) is -6.95. The maximum atomic E-state index is 14.4. The number of benzene rings is 1. The van der Waals surface area contributed by atoms with Gasteiger partial charge in [0.25, 0.3) is 0 Å². The number of carbonyl (C=O) groups is 2. The number of rotatable bonds is 6. The highest BCUT2D eigenvalue weighted by atomic mass is 19.4. The number of nitrogens with zero attached hydrogens (tertiary/aromatic N) is 4. The molecule has 1 aliphatic rings. The fraction of sp³-hybridized carbons (Fsp3) is 0.407. The number of amides is 2. The standard InChI is InChI=1S/C27H25F8N5O3/c1-26(2,3)43-25(42)36-15(6-13-7-17(29)18(30)11-16(13)28)10-22(41)39-4-5-40-19(12-39)23(38-24(40)27(33,34)35)14-8-20(31)37-21(32)9-14/h7-9,11,15H,4-6,10,12H2,1-3H3,(H,36,42)/t15-/m1/s1. The molecule has 232 valence electrons. The van der Waals surface area contributed by atoms with Crippen molar-refractivity contribution >= 4 is 12.0 Å². The smallest absolute Gasteiger partial charge is 0.444 e. The molecule has 0 spiro atoms. The normalized spacial score (nSPS) is 14.3. The van der Waals surface area contributed by atoms with Gasteiger partial charge in [0.1, 0.15) is 11.4 Å². The lowest BCUT2D eigenvalue weighted by molar-refractivity contribution is -0.148. The van der Waals surface area contributed by atoms with Crippen LogP contribution in [-0.2, 0) is 35.2 Å². The molecule has 2 amide bonds. The predicted octanol–water partition coefficient (Wildman–Crippen LogP) is 5.53. The van der Waals surface area contributed by atoms with Crippen molar-refractivity contribution in [1.29, 1.82) is 0 Å². The summed E-state index contributed by atoms with van der Waals surface area (Å²) in [5.74, 6) is -8.58. The van der Waals surface area contributed by atoms with E-state index < -0.39 is 90.1 Å². The zero-order chi connectivity index (χ0) is 31.9. The third kappa shape index (κ3) is 7.59. The van der Waals surface area contributed by atoms with Crippen molar-refractivity contribution in [3.05, 3.63) is 70.7 Å². The van der Waals surface area contributed by atoms with Gasteiger partial charge in [-0.1, -0.05) is 0 Å². The summed E-state index contributed by atoms with van der Waals surface area (Å²) in [6.45, 7) is 3.58. The molecule has 2 aromatic heterocycles. The second kappa shape index (κ2) is 11.8. The van der Waals surface area contributed by atoms with Gasteiger partial charge >= 0.3 is 12.3 Å². The maximum Gasteiger partial charge on any atom is 0.449 e. The molecule has 0 aliphatic carbocycles. The van der Waals surface area contributed by atoms with Crippen LogP contribution >= 0.6 is 0 Å². The molecular weight excluding hydrogens is 594 g/mol. The monoisotopic (exact) mass is 619 g/mol. The van der Waals surface area contributed by atoms with Crippen LogP contribution in [0.15, 0.2) is 24.3 Å². The van der Waals surface area contributed by atoms with Gasteiger partial charge in [0.15, 0.2) is 11.6 Å². The summed E-state index contributed by atoms with van der Waals surface area (Å²) in [5, 5.41) is 2.40. The van der Waals surface area contributed by atoms with Crippen LogP contribution in [0.25, 0.3) is 11.3 Å². The number of fused-ring (bicyclic) bond motifs is 1. The van der Waals surface area contributed by atoms with E-state index >= 15 is 0 Å². The second-order valence-corrected chi connectivity index (χ2v) is 10.8. The number of pyridine rings is 1. The number of alkyl carbamates (subject to hydrolysis) is 1. The van der Waals surface area contributed by atoms with Crippen LogP contribution in [0.3, 0.4) is 0 Å². The number of imidazole rings is 1. The minimum absolute atomic E-state index is 0.166. The minimum Gasteiger partial charge on any atom is -0.444 e. The van der Waals surface area contributed by atoms with E-state index in [1.165, 1.54) is 0 Å². The molecule has 0 unspecified atom stereocenters. The third-order valence-electron chi connectivity index (χ3n) is 6.35. The Labute approximate surface area is 239 Å². The van der Waals surface area contributed by atoms with Gasteiger partial charge in [-0.3, -0.25) is 4.79 Å². The first-order valence-corrected chi connectivity index (χ1v) is 12.8. The van der Waals surface area contributed by atoms with E-state index in [4.69, 9.17) is 4.74 Å². The Kier molecular flexibility index (Phi) is 8.70. The molecule has 1 aliphatic heterocycles. The number of ether oxygens (including phenoxy) is 1. The molecule has 0 saturated carbocycles. The van der Waals surface area contributed by atoms with Crippen LogP contribution in [0.4, 0.5) is 39.9 Å². The first-order valence-electron chi connectivity index (χ1n) is 12.8. The lowest BCUT2D eigenvalue weighted by Gasteiger charge is -2.31. The van der Waals surface area contributed by atoms with E-state index in [2.05, 4.69) is 15.3 Å². The summed E-state index contributed by atoms with van der Waals surface area (Å²) in [7, 11) is 0. The zero-order valence-electron chi connectivity index (χ0n) is 23.0. The molecule has 1 N–H and O–H groups in total. The van der Waals surface area contributed by atoms with E-state index in [0.717, 1.165) is 9.47 Å². The number of hydrogen-bond donors (Lipinski definition) is 1. The predicted molar refractivity (Wildman–Crippen MR) is 134 cm³/mol. The van der Waals surface area contributed by atoms with Crippen LogP contribution in [0.1, 0.15) is 44.3 Å². The van der Waals surface area contributed by atoms with Gasteiger partial charge in [-0.25, -0.2) is 22.9 Å². The number of halogens is 8.